The van der Waals surface area contributed by atoms with Crippen LogP contribution < -0.4 is 0 Å². The Morgan fingerprint density at radius 3 is 1.96 bits per heavy atom. The molecule has 0 amide bonds. The maximum Gasteiger partial charge on any atom is 0.102 e. The van der Waals surface area contributed by atoms with Crippen LogP contribution in [0.25, 0.3) is 0 Å². The lowest BCUT2D eigenvalue weighted by atomic mass is 9.95. The molecule has 2 atom stereocenters. The average Bonchev–Trinajstić information content (AvgIpc) is 2.65. The van der Waals surface area contributed by atoms with Gasteiger partial charge in [-0.25, -0.2) is 0 Å². The summed E-state index contributed by atoms with van der Waals surface area (Å²) >= 11 is 0. The van der Waals surface area contributed by atoms with Crippen LogP contribution in [0.5, 0.6) is 0 Å². The molecule has 0 aromatic heterocycles. The molecule has 24 heavy (non-hydrogen) atoms. The van der Waals surface area contributed by atoms with Gasteiger partial charge in [0.05, 0.1) is 13.2 Å². The first kappa shape index (κ1) is 18.6. The standard InChI is InChI=1S/C20H26O4/c1-2-16-11-15(7-10-18(16)20(24)13-22)4-3-14-5-8-17(9-6-14)19(23)12-21/h5-11,19-24H,2-4,12-13H2,1H3. The zero-order valence-electron chi connectivity index (χ0n) is 14.0. The van der Waals surface area contributed by atoms with Crippen molar-refractivity contribution >= 4 is 0 Å². The molecule has 0 fully saturated rings. The Balaban J connectivity index is 2.04. The van der Waals surface area contributed by atoms with Crippen LogP contribution in [0, 0.1) is 0 Å². The lowest BCUT2D eigenvalue weighted by Gasteiger charge is -2.14. The lowest BCUT2D eigenvalue weighted by molar-refractivity contribution is 0.0949. The van der Waals surface area contributed by atoms with E-state index < -0.39 is 12.2 Å². The molecule has 2 aromatic rings. The Morgan fingerprint density at radius 1 is 0.792 bits per heavy atom. The molecule has 0 aliphatic carbocycles. The van der Waals surface area contributed by atoms with E-state index >= 15 is 0 Å². The van der Waals surface area contributed by atoms with Gasteiger partial charge in [0, 0.05) is 0 Å². The van der Waals surface area contributed by atoms with Gasteiger partial charge in [-0.2, -0.15) is 0 Å². The van der Waals surface area contributed by atoms with Crippen molar-refractivity contribution in [3.05, 3.63) is 70.3 Å². The van der Waals surface area contributed by atoms with Crippen LogP contribution in [0.1, 0.15) is 46.9 Å². The second kappa shape index (κ2) is 8.94. The van der Waals surface area contributed by atoms with Crippen molar-refractivity contribution in [2.45, 2.75) is 38.4 Å². The molecule has 0 aliphatic rings. The predicted octanol–water partition coefficient (Wildman–Crippen LogP) is 2.09. The SMILES string of the molecule is CCc1cc(CCc2ccc(C(O)CO)cc2)ccc1C(O)CO. The monoisotopic (exact) mass is 330 g/mol. The van der Waals surface area contributed by atoms with Crippen molar-refractivity contribution in [1.82, 2.24) is 0 Å². The van der Waals surface area contributed by atoms with Crippen LogP contribution in [-0.2, 0) is 19.3 Å². The molecule has 2 unspecified atom stereocenters. The third kappa shape index (κ3) is 4.65. The summed E-state index contributed by atoms with van der Waals surface area (Å²) in [5, 5.41) is 37.5. The highest BCUT2D eigenvalue weighted by Crippen LogP contribution is 2.21. The van der Waals surface area contributed by atoms with Gasteiger partial charge >= 0.3 is 0 Å². The normalized spacial score (nSPS) is 13.7. The van der Waals surface area contributed by atoms with Gasteiger partial charge in [0.2, 0.25) is 0 Å². The van der Waals surface area contributed by atoms with Crippen molar-refractivity contribution in [2.75, 3.05) is 13.2 Å². The van der Waals surface area contributed by atoms with Crippen LogP contribution in [-0.4, -0.2) is 33.6 Å². The van der Waals surface area contributed by atoms with E-state index in [2.05, 4.69) is 6.07 Å². The fraction of sp³-hybridized carbons (Fsp3) is 0.400. The van der Waals surface area contributed by atoms with Crippen molar-refractivity contribution in [3.8, 4) is 0 Å². The first-order valence-corrected chi connectivity index (χ1v) is 8.37. The summed E-state index contributed by atoms with van der Waals surface area (Å²) < 4.78 is 0. The van der Waals surface area contributed by atoms with Crippen molar-refractivity contribution in [3.63, 3.8) is 0 Å². The minimum atomic E-state index is -0.823. The van der Waals surface area contributed by atoms with E-state index in [1.54, 1.807) is 0 Å². The molecule has 0 saturated carbocycles. The second-order valence-corrected chi connectivity index (χ2v) is 6.03. The molecule has 2 rings (SSSR count). The fourth-order valence-electron chi connectivity index (χ4n) is 2.84. The van der Waals surface area contributed by atoms with Crippen LogP contribution in [0.3, 0.4) is 0 Å². The molecule has 0 spiro atoms. The van der Waals surface area contributed by atoms with Crippen LogP contribution >= 0.6 is 0 Å². The number of aliphatic hydroxyl groups is 4. The minimum Gasteiger partial charge on any atom is -0.393 e. The van der Waals surface area contributed by atoms with Gasteiger partial charge < -0.3 is 20.4 Å². The number of aliphatic hydroxyl groups excluding tert-OH is 4. The molecule has 4 nitrogen and oxygen atoms in total. The molecule has 0 radical (unpaired) electrons. The summed E-state index contributed by atoms with van der Waals surface area (Å²) in [7, 11) is 0. The average molecular weight is 330 g/mol. The Hall–Kier alpha value is -1.72. The first-order valence-electron chi connectivity index (χ1n) is 8.37. The first-order chi connectivity index (χ1) is 11.6. The number of aryl methyl sites for hydroxylation is 3. The molecule has 2 aromatic carbocycles. The summed E-state index contributed by atoms with van der Waals surface area (Å²) in [4.78, 5) is 0. The predicted molar refractivity (Wildman–Crippen MR) is 93.8 cm³/mol. The highest BCUT2D eigenvalue weighted by Gasteiger charge is 2.11. The molecule has 0 aliphatic heterocycles. The van der Waals surface area contributed by atoms with E-state index in [0.717, 1.165) is 36.0 Å². The highest BCUT2D eigenvalue weighted by atomic mass is 16.3. The maximum atomic E-state index is 9.84. The second-order valence-electron chi connectivity index (χ2n) is 6.03. The lowest BCUT2D eigenvalue weighted by Crippen LogP contribution is -2.06. The van der Waals surface area contributed by atoms with E-state index in [9.17, 15) is 10.2 Å². The van der Waals surface area contributed by atoms with E-state index in [0.29, 0.717) is 0 Å². The van der Waals surface area contributed by atoms with Crippen LogP contribution in [0.15, 0.2) is 42.5 Å². The molecule has 4 N–H and O–H groups in total. The van der Waals surface area contributed by atoms with Gasteiger partial charge in [0.15, 0.2) is 0 Å². The van der Waals surface area contributed by atoms with Crippen LogP contribution in [0.4, 0.5) is 0 Å². The van der Waals surface area contributed by atoms with Gasteiger partial charge in [0.25, 0.3) is 0 Å². The summed E-state index contributed by atoms with van der Waals surface area (Å²) in [6, 6.07) is 13.6. The largest absolute Gasteiger partial charge is 0.393 e. The van der Waals surface area contributed by atoms with Crippen molar-refractivity contribution in [1.29, 1.82) is 0 Å². The minimum absolute atomic E-state index is 0.265. The van der Waals surface area contributed by atoms with Gasteiger partial charge in [-0.05, 0) is 47.1 Å². The van der Waals surface area contributed by atoms with Crippen molar-refractivity contribution < 1.29 is 20.4 Å². The number of hydrogen-bond donors (Lipinski definition) is 4. The molecule has 4 heteroatoms. The van der Waals surface area contributed by atoms with Gasteiger partial charge in [0.1, 0.15) is 12.2 Å². The van der Waals surface area contributed by atoms with Gasteiger partial charge in [-0.1, -0.05) is 49.4 Å². The summed E-state index contributed by atoms with van der Waals surface area (Å²) in [5.41, 5.74) is 4.94. The Morgan fingerprint density at radius 2 is 1.38 bits per heavy atom. The molecule has 0 bridgehead atoms. The van der Waals surface area contributed by atoms with E-state index in [1.165, 1.54) is 11.1 Å². The third-order valence-corrected chi connectivity index (χ3v) is 4.36. The zero-order chi connectivity index (χ0) is 17.5. The maximum absolute atomic E-state index is 9.84. The van der Waals surface area contributed by atoms with Gasteiger partial charge in [-0.3, -0.25) is 0 Å². The summed E-state index contributed by atoms with van der Waals surface area (Å²) in [6.07, 6.45) is 0.926. The molecular weight excluding hydrogens is 304 g/mol. The van der Waals surface area contributed by atoms with Gasteiger partial charge in [-0.15, -0.1) is 0 Å². The molecule has 0 saturated heterocycles. The van der Waals surface area contributed by atoms with Crippen LogP contribution in [0.2, 0.25) is 0 Å². The molecular formula is C20H26O4. The summed E-state index contributed by atoms with van der Waals surface area (Å²) in [6.45, 7) is 1.50. The molecule has 0 heterocycles. The smallest absolute Gasteiger partial charge is 0.102 e. The quantitative estimate of drug-likeness (QED) is 0.597. The Bertz CT molecular complexity index is 637. The van der Waals surface area contributed by atoms with Crippen molar-refractivity contribution in [2.24, 2.45) is 0 Å². The zero-order valence-corrected chi connectivity index (χ0v) is 14.0. The number of benzene rings is 2. The molecule has 130 valence electrons. The van der Waals surface area contributed by atoms with E-state index in [4.69, 9.17) is 10.2 Å². The van der Waals surface area contributed by atoms with E-state index in [1.807, 2.05) is 43.3 Å². The fourth-order valence-corrected chi connectivity index (χ4v) is 2.84. The number of rotatable bonds is 8. The number of hydrogen-bond acceptors (Lipinski definition) is 4. The Kier molecular flexibility index (Phi) is 6.94. The topological polar surface area (TPSA) is 80.9 Å². The third-order valence-electron chi connectivity index (χ3n) is 4.36. The summed E-state index contributed by atoms with van der Waals surface area (Å²) in [5.74, 6) is 0. The Labute approximate surface area is 143 Å². The highest BCUT2D eigenvalue weighted by molar-refractivity contribution is 5.34. The van der Waals surface area contributed by atoms with E-state index in [-0.39, 0.29) is 13.2 Å².